The lowest BCUT2D eigenvalue weighted by molar-refractivity contribution is -0.146. The van der Waals surface area contributed by atoms with E-state index in [1.54, 1.807) is 12.1 Å². The van der Waals surface area contributed by atoms with Gasteiger partial charge >= 0.3 is 5.97 Å². The van der Waals surface area contributed by atoms with Gasteiger partial charge in [0.05, 0.1) is 15.1 Å². The van der Waals surface area contributed by atoms with E-state index >= 15 is 0 Å². The van der Waals surface area contributed by atoms with Crippen molar-refractivity contribution in [2.24, 2.45) is 0 Å². The number of hydrogen-bond donors (Lipinski definition) is 2. The lowest BCUT2D eigenvalue weighted by Crippen LogP contribution is -2.10. The summed E-state index contributed by atoms with van der Waals surface area (Å²) in [5.74, 6) is -1.36. The van der Waals surface area contributed by atoms with Crippen molar-refractivity contribution in [3.8, 4) is 11.1 Å². The Morgan fingerprint density at radius 2 is 1.43 bits per heavy atom. The molecule has 110 valence electrons. The molecule has 21 heavy (non-hydrogen) atoms. The highest BCUT2D eigenvalue weighted by molar-refractivity contribution is 6.44. The maximum atomic E-state index is 10.8. The van der Waals surface area contributed by atoms with Gasteiger partial charge in [0.25, 0.3) is 0 Å². The number of carboxylic acids is 1. The summed E-state index contributed by atoms with van der Waals surface area (Å²) < 4.78 is 0. The molecule has 2 N–H and O–H groups in total. The molecule has 1 atom stereocenters. The predicted molar refractivity (Wildman–Crippen MR) is 84.5 cm³/mol. The van der Waals surface area contributed by atoms with Crippen molar-refractivity contribution in [3.63, 3.8) is 0 Å². The molecule has 0 aliphatic rings. The van der Waals surface area contributed by atoms with Gasteiger partial charge in [-0.3, -0.25) is 0 Å². The first-order valence-electron chi connectivity index (χ1n) is 5.66. The van der Waals surface area contributed by atoms with Gasteiger partial charge in [0.1, 0.15) is 0 Å². The Bertz CT molecular complexity index is 716. The van der Waals surface area contributed by atoms with E-state index in [4.69, 9.17) is 51.5 Å². The molecular weight excluding hydrogens is 358 g/mol. The van der Waals surface area contributed by atoms with Gasteiger partial charge in [-0.15, -0.1) is 0 Å². The first-order valence-corrected chi connectivity index (χ1v) is 7.17. The van der Waals surface area contributed by atoms with E-state index in [1.165, 1.54) is 18.2 Å². The molecule has 0 aliphatic carbocycles. The van der Waals surface area contributed by atoms with Crippen LogP contribution in [0, 0.1) is 0 Å². The quantitative estimate of drug-likeness (QED) is 0.745. The fraction of sp³-hybridized carbons (Fsp3) is 0.0714. The van der Waals surface area contributed by atoms with Gasteiger partial charge in [0.15, 0.2) is 6.10 Å². The van der Waals surface area contributed by atoms with Gasteiger partial charge in [-0.2, -0.15) is 0 Å². The highest BCUT2D eigenvalue weighted by atomic mass is 35.5. The summed E-state index contributed by atoms with van der Waals surface area (Å²) in [7, 11) is 0. The van der Waals surface area contributed by atoms with Crippen LogP contribution >= 0.6 is 46.4 Å². The molecule has 0 radical (unpaired) electrons. The Hall–Kier alpha value is -0.970. The van der Waals surface area contributed by atoms with Crippen molar-refractivity contribution >= 4 is 52.4 Å². The smallest absolute Gasteiger partial charge is 0.337 e. The third kappa shape index (κ3) is 3.44. The Morgan fingerprint density at radius 3 is 2.00 bits per heavy atom. The van der Waals surface area contributed by atoms with Gasteiger partial charge < -0.3 is 10.2 Å². The molecule has 7 heteroatoms. The van der Waals surface area contributed by atoms with Crippen LogP contribution in [0.15, 0.2) is 30.3 Å². The standard InChI is InChI=1S/C14H8Cl4O3/c15-9-3-6(13(19)14(20)21)1-2-7(9)8-4-11(17)12(18)5-10(8)16/h1-5,13,19H,(H,20,21). The average molecular weight is 366 g/mol. The number of halogens is 4. The molecule has 0 amide bonds. The first kappa shape index (κ1) is 16.4. The van der Waals surface area contributed by atoms with E-state index in [1.807, 2.05) is 0 Å². The maximum Gasteiger partial charge on any atom is 0.337 e. The summed E-state index contributed by atoms with van der Waals surface area (Å²) in [5, 5.41) is 19.5. The number of aliphatic hydroxyl groups is 1. The molecule has 0 heterocycles. The van der Waals surface area contributed by atoms with E-state index in [2.05, 4.69) is 0 Å². The second-order valence-corrected chi connectivity index (χ2v) is 5.86. The molecule has 0 spiro atoms. The van der Waals surface area contributed by atoms with E-state index in [9.17, 15) is 9.90 Å². The van der Waals surface area contributed by atoms with Gasteiger partial charge in [-0.25, -0.2) is 4.79 Å². The topological polar surface area (TPSA) is 57.5 Å². The molecule has 0 aromatic heterocycles. The first-order chi connectivity index (χ1) is 9.81. The molecule has 2 aromatic rings. The van der Waals surface area contributed by atoms with Gasteiger partial charge in [0.2, 0.25) is 0 Å². The normalized spacial score (nSPS) is 12.2. The Morgan fingerprint density at radius 1 is 0.857 bits per heavy atom. The van der Waals surface area contributed by atoms with E-state index in [0.29, 0.717) is 26.2 Å². The monoisotopic (exact) mass is 364 g/mol. The molecule has 0 saturated heterocycles. The molecule has 2 rings (SSSR count). The van der Waals surface area contributed by atoms with E-state index in [0.717, 1.165) is 0 Å². The van der Waals surface area contributed by atoms with Crippen molar-refractivity contribution in [2.75, 3.05) is 0 Å². The van der Waals surface area contributed by atoms with Crippen LogP contribution in [0.4, 0.5) is 0 Å². The third-order valence-corrected chi connectivity index (χ3v) is 4.19. The maximum absolute atomic E-state index is 10.8. The summed E-state index contributed by atoms with van der Waals surface area (Å²) in [6.45, 7) is 0. The Balaban J connectivity index is 2.52. The van der Waals surface area contributed by atoms with E-state index < -0.39 is 12.1 Å². The number of carboxylic acid groups (broad SMARTS) is 1. The fourth-order valence-corrected chi connectivity index (χ4v) is 2.73. The third-order valence-electron chi connectivity index (χ3n) is 2.84. The minimum Gasteiger partial charge on any atom is -0.479 e. The van der Waals surface area contributed by atoms with Crippen LogP contribution < -0.4 is 0 Å². The van der Waals surface area contributed by atoms with Crippen LogP contribution in [-0.2, 0) is 4.79 Å². The molecule has 1 unspecified atom stereocenters. The van der Waals surface area contributed by atoms with Gasteiger partial charge in [-0.1, -0.05) is 58.5 Å². The summed E-state index contributed by atoms with van der Waals surface area (Å²) in [4.78, 5) is 10.8. The number of carbonyl (C=O) groups is 1. The lowest BCUT2D eigenvalue weighted by atomic mass is 10.0. The van der Waals surface area contributed by atoms with Crippen molar-refractivity contribution in [1.29, 1.82) is 0 Å². The largest absolute Gasteiger partial charge is 0.479 e. The van der Waals surface area contributed by atoms with Crippen LogP contribution in [0.25, 0.3) is 11.1 Å². The minimum absolute atomic E-state index is 0.174. The van der Waals surface area contributed by atoms with Crippen molar-refractivity contribution < 1.29 is 15.0 Å². The predicted octanol–water partition coefficient (Wildman–Crippen LogP) is 5.09. The molecule has 0 aliphatic heterocycles. The summed E-state index contributed by atoms with van der Waals surface area (Å²) in [5.41, 5.74) is 1.29. The molecular formula is C14H8Cl4O3. The molecule has 0 fully saturated rings. The van der Waals surface area contributed by atoms with Crippen LogP contribution in [0.3, 0.4) is 0 Å². The summed E-state index contributed by atoms with van der Waals surface area (Å²) in [6.07, 6.45) is -1.64. The molecule has 3 nitrogen and oxygen atoms in total. The van der Waals surface area contributed by atoms with Crippen molar-refractivity contribution in [2.45, 2.75) is 6.10 Å². The lowest BCUT2D eigenvalue weighted by Gasteiger charge is -2.12. The number of hydrogen-bond acceptors (Lipinski definition) is 2. The zero-order chi connectivity index (χ0) is 15.7. The van der Waals surface area contributed by atoms with Crippen molar-refractivity contribution in [1.82, 2.24) is 0 Å². The number of rotatable bonds is 3. The zero-order valence-corrected chi connectivity index (χ0v) is 13.3. The highest BCUT2D eigenvalue weighted by Crippen LogP contribution is 2.39. The van der Waals surface area contributed by atoms with Crippen molar-refractivity contribution in [3.05, 3.63) is 56.0 Å². The van der Waals surface area contributed by atoms with Crippen LogP contribution in [-0.4, -0.2) is 16.2 Å². The van der Waals surface area contributed by atoms with E-state index in [-0.39, 0.29) is 10.6 Å². The molecule has 0 bridgehead atoms. The number of aliphatic hydroxyl groups excluding tert-OH is 1. The molecule has 2 aromatic carbocycles. The second-order valence-electron chi connectivity index (χ2n) is 4.23. The number of benzene rings is 2. The summed E-state index contributed by atoms with van der Waals surface area (Å²) in [6, 6.07) is 7.46. The van der Waals surface area contributed by atoms with Crippen LogP contribution in [0.1, 0.15) is 11.7 Å². The van der Waals surface area contributed by atoms with Crippen LogP contribution in [0.5, 0.6) is 0 Å². The Kier molecular flexibility index (Phi) is 5.02. The SMILES string of the molecule is O=C(O)C(O)c1ccc(-c2cc(Cl)c(Cl)cc2Cl)c(Cl)c1. The Labute approximate surface area is 140 Å². The second kappa shape index (κ2) is 6.42. The van der Waals surface area contributed by atoms with Gasteiger partial charge in [0, 0.05) is 16.1 Å². The fourth-order valence-electron chi connectivity index (χ4n) is 1.79. The highest BCUT2D eigenvalue weighted by Gasteiger charge is 2.18. The van der Waals surface area contributed by atoms with Gasteiger partial charge in [-0.05, 0) is 23.8 Å². The summed E-state index contributed by atoms with van der Waals surface area (Å²) >= 11 is 24.1. The zero-order valence-electron chi connectivity index (χ0n) is 10.3. The minimum atomic E-state index is -1.64. The number of aliphatic carboxylic acids is 1. The average Bonchev–Trinajstić information content (AvgIpc) is 2.42. The van der Waals surface area contributed by atoms with Crippen LogP contribution in [0.2, 0.25) is 20.1 Å². The molecule has 0 saturated carbocycles.